The first-order valence-electron chi connectivity index (χ1n) is 17.9. The van der Waals surface area contributed by atoms with Gasteiger partial charge in [-0.15, -0.1) is 10.1 Å². The molecule has 2 heterocycles. The first-order chi connectivity index (χ1) is 25.8. The molecule has 2 amide bonds. The van der Waals surface area contributed by atoms with Gasteiger partial charge in [-0.25, -0.2) is 18.6 Å². The van der Waals surface area contributed by atoms with Crippen LogP contribution in [0.3, 0.4) is 0 Å². The maximum absolute atomic E-state index is 14.8. The summed E-state index contributed by atoms with van der Waals surface area (Å²) in [5, 5.41) is 9.17. The van der Waals surface area contributed by atoms with E-state index in [1.165, 1.54) is 4.90 Å². The average molecular weight is 771 g/mol. The van der Waals surface area contributed by atoms with E-state index in [1.807, 2.05) is 56.0 Å². The Bertz CT molecular complexity index is 1870. The molecule has 0 spiro atoms. The molecular formula is C39H45ClF2N4O8. The van der Waals surface area contributed by atoms with Crippen molar-refractivity contribution in [3.05, 3.63) is 103 Å². The smallest absolute Gasteiger partial charge is 0.410 e. The Labute approximate surface area is 318 Å². The normalized spacial score (nSPS) is 15.1. The summed E-state index contributed by atoms with van der Waals surface area (Å²) < 4.78 is 44.4. The predicted molar refractivity (Wildman–Crippen MR) is 197 cm³/mol. The molecule has 1 aromatic heterocycles. The van der Waals surface area contributed by atoms with Crippen LogP contribution in [0, 0.1) is 34.1 Å². The molecule has 0 N–H and O–H groups in total. The number of ether oxygens (including phenoxy) is 3. The second kappa shape index (κ2) is 17.9. The fraction of sp³-hybridized carbons (Fsp3) is 0.462. The maximum Gasteiger partial charge on any atom is 0.410 e. The van der Waals surface area contributed by atoms with Crippen molar-refractivity contribution < 1.29 is 42.5 Å². The minimum Gasteiger partial charge on any atom is -0.489 e. The van der Waals surface area contributed by atoms with E-state index in [0.29, 0.717) is 43.7 Å². The molecule has 0 radical (unpaired) electrons. The summed E-state index contributed by atoms with van der Waals surface area (Å²) in [7, 11) is 1.56. The average Bonchev–Trinajstić information content (AvgIpc) is 3.99. The molecule has 0 bridgehead atoms. The summed E-state index contributed by atoms with van der Waals surface area (Å²) in [6, 6.07) is 11.7. The molecule has 0 atom stereocenters. The van der Waals surface area contributed by atoms with Crippen LogP contribution in [0.15, 0.2) is 54.2 Å². The van der Waals surface area contributed by atoms with Crippen LogP contribution in [-0.2, 0) is 27.3 Å². The second-order valence-corrected chi connectivity index (χ2v) is 14.4. The van der Waals surface area contributed by atoms with Crippen molar-refractivity contribution in [2.24, 2.45) is 5.41 Å². The number of aryl methyl sites for hydroxylation is 1. The van der Waals surface area contributed by atoms with Crippen LogP contribution in [0.1, 0.15) is 68.2 Å². The number of hydrogen-bond donors (Lipinski definition) is 0. The zero-order chi connectivity index (χ0) is 39.0. The van der Waals surface area contributed by atoms with E-state index in [4.69, 9.17) is 25.8 Å². The Kier molecular flexibility index (Phi) is 13.3. The van der Waals surface area contributed by atoms with Crippen molar-refractivity contribution in [1.29, 1.82) is 0 Å². The number of nitrogens with zero attached hydrogens (tertiary/aromatic N) is 4. The van der Waals surface area contributed by atoms with Gasteiger partial charge in [-0.1, -0.05) is 49.7 Å². The third-order valence-electron chi connectivity index (χ3n) is 9.54. The molecule has 1 aliphatic carbocycles. The number of hydrogen-bond acceptors (Lipinski definition) is 9. The van der Waals surface area contributed by atoms with Crippen LogP contribution < -0.4 is 9.47 Å². The van der Waals surface area contributed by atoms with Crippen molar-refractivity contribution in [2.75, 3.05) is 40.0 Å². The fourth-order valence-corrected chi connectivity index (χ4v) is 6.93. The lowest BCUT2D eigenvalue weighted by atomic mass is 9.74. The number of amides is 2. The van der Waals surface area contributed by atoms with Crippen LogP contribution in [0.2, 0.25) is 5.02 Å². The summed E-state index contributed by atoms with van der Waals surface area (Å²) in [5.41, 5.74) is 4.22. The van der Waals surface area contributed by atoms with Gasteiger partial charge in [0, 0.05) is 41.9 Å². The highest BCUT2D eigenvalue weighted by Gasteiger charge is 2.43. The zero-order valence-electron chi connectivity index (χ0n) is 30.9. The fourth-order valence-electron chi connectivity index (χ4n) is 6.72. The first-order valence-corrected chi connectivity index (χ1v) is 18.3. The Morgan fingerprint density at radius 1 is 1.04 bits per heavy atom. The number of benzene rings is 2. The topological polar surface area (TPSA) is 134 Å². The van der Waals surface area contributed by atoms with E-state index >= 15 is 0 Å². The van der Waals surface area contributed by atoms with Crippen molar-refractivity contribution in [3.63, 3.8) is 0 Å². The minimum atomic E-state index is -0.860. The van der Waals surface area contributed by atoms with Gasteiger partial charge in [-0.2, -0.15) is 0 Å². The monoisotopic (exact) mass is 770 g/mol. The number of pyridine rings is 1. The maximum atomic E-state index is 14.8. The predicted octanol–water partition coefficient (Wildman–Crippen LogP) is 7.75. The number of carbonyl (C=O) groups excluding carboxylic acids is 2. The van der Waals surface area contributed by atoms with E-state index in [2.05, 4.69) is 9.82 Å². The van der Waals surface area contributed by atoms with Crippen LogP contribution in [0.5, 0.6) is 11.6 Å². The molecule has 1 saturated carbocycles. The first kappa shape index (κ1) is 40.2. The summed E-state index contributed by atoms with van der Waals surface area (Å²) in [6.07, 6.45) is 4.63. The van der Waals surface area contributed by atoms with Gasteiger partial charge in [0.15, 0.2) is 11.6 Å². The lowest BCUT2D eigenvalue weighted by Crippen LogP contribution is -2.48. The molecule has 3 aromatic rings. The molecule has 0 unspecified atom stereocenters. The Hall–Kier alpha value is -4.98. The molecule has 1 aliphatic heterocycles. The third kappa shape index (κ3) is 9.95. The molecule has 12 nitrogen and oxygen atoms in total. The molecular weight excluding hydrogens is 726 g/mol. The highest BCUT2D eigenvalue weighted by molar-refractivity contribution is 6.32. The third-order valence-corrected chi connectivity index (χ3v) is 9.90. The van der Waals surface area contributed by atoms with Gasteiger partial charge in [0.2, 0.25) is 5.88 Å². The summed E-state index contributed by atoms with van der Waals surface area (Å²) in [5.74, 6) is -1.48. The van der Waals surface area contributed by atoms with Gasteiger partial charge in [0.1, 0.15) is 10.8 Å². The molecule has 2 aliphatic rings. The van der Waals surface area contributed by atoms with Gasteiger partial charge in [0.25, 0.3) is 11.0 Å². The number of carbonyl (C=O) groups is 2. The Morgan fingerprint density at radius 3 is 2.43 bits per heavy atom. The number of aromatic nitrogens is 1. The Morgan fingerprint density at radius 2 is 1.74 bits per heavy atom. The van der Waals surface area contributed by atoms with E-state index in [0.717, 1.165) is 52.8 Å². The Balaban J connectivity index is 1.38. The standard InChI is InChI=1S/C39H45ClF2N4O8/c1-25-28(17-18-43-36(25)51-4)22-45(29-13-14-29)37(47)30-23-44(38(48)53-19-5-6-21-54-46(49)50)24-39(2,3)33(30)27-11-9-26(10-12-27)8-7-20-52-35-32(42)16-15-31(41)34(35)40/h9-12,15-18,29H,5-8,13-14,19-24H2,1-4H3. The van der Waals surface area contributed by atoms with Crippen molar-refractivity contribution in [2.45, 2.75) is 71.9 Å². The summed E-state index contributed by atoms with van der Waals surface area (Å²) >= 11 is 5.89. The van der Waals surface area contributed by atoms with Crippen molar-refractivity contribution in [3.8, 4) is 11.6 Å². The van der Waals surface area contributed by atoms with Crippen LogP contribution in [0.4, 0.5) is 13.6 Å². The number of methoxy groups -OCH3 is 1. The highest BCUT2D eigenvalue weighted by Crippen LogP contribution is 2.43. The molecule has 5 rings (SSSR count). The molecule has 0 saturated heterocycles. The number of halogens is 3. The van der Waals surface area contributed by atoms with E-state index < -0.39 is 33.3 Å². The molecule has 54 heavy (non-hydrogen) atoms. The number of unbranched alkanes of at least 4 members (excludes halogenated alkanes) is 1. The molecule has 15 heteroatoms. The zero-order valence-corrected chi connectivity index (χ0v) is 31.6. The van der Waals surface area contributed by atoms with E-state index in [-0.39, 0.29) is 50.6 Å². The minimum absolute atomic E-state index is 0.0288. The van der Waals surface area contributed by atoms with Crippen molar-refractivity contribution >= 4 is 29.2 Å². The molecule has 1 fully saturated rings. The van der Waals surface area contributed by atoms with Crippen LogP contribution in [-0.4, -0.2) is 77.9 Å². The SMILES string of the molecule is COc1nccc(CN(C(=O)C2=C(c3ccc(CCCOc4c(F)ccc(F)c4Cl)cc3)C(C)(C)CN(C(=O)OCCCCO[N+](=O)[O-])C2)C2CC2)c1C. The van der Waals surface area contributed by atoms with Gasteiger partial charge >= 0.3 is 6.09 Å². The van der Waals surface area contributed by atoms with Crippen molar-refractivity contribution in [1.82, 2.24) is 14.8 Å². The van der Waals surface area contributed by atoms with E-state index in [1.54, 1.807) is 13.3 Å². The summed E-state index contributed by atoms with van der Waals surface area (Å²) in [6.45, 7) is 6.62. The van der Waals surface area contributed by atoms with Gasteiger partial charge in [-0.05, 0) is 85.9 Å². The number of rotatable bonds is 17. The van der Waals surface area contributed by atoms with E-state index in [9.17, 15) is 28.5 Å². The van der Waals surface area contributed by atoms with Gasteiger partial charge in [-0.3, -0.25) is 4.79 Å². The highest BCUT2D eigenvalue weighted by atomic mass is 35.5. The van der Waals surface area contributed by atoms with Gasteiger partial charge in [0.05, 0.1) is 33.5 Å². The lowest BCUT2D eigenvalue weighted by molar-refractivity contribution is -0.757. The van der Waals surface area contributed by atoms with Crippen LogP contribution in [0.25, 0.3) is 5.57 Å². The molecule has 2 aromatic carbocycles. The van der Waals surface area contributed by atoms with Gasteiger partial charge < -0.3 is 28.8 Å². The van der Waals surface area contributed by atoms with Crippen LogP contribution >= 0.6 is 11.6 Å². The quantitative estimate of drug-likeness (QED) is 0.0585. The largest absolute Gasteiger partial charge is 0.489 e. The molecule has 290 valence electrons. The second-order valence-electron chi connectivity index (χ2n) is 14.1. The lowest BCUT2D eigenvalue weighted by Gasteiger charge is -2.42. The summed E-state index contributed by atoms with van der Waals surface area (Å²) in [4.78, 5) is 50.7.